The van der Waals surface area contributed by atoms with Gasteiger partial charge in [0.25, 0.3) is 5.69 Å². The van der Waals surface area contributed by atoms with Crippen LogP contribution < -0.4 is 5.73 Å². The molecule has 0 saturated carbocycles. The van der Waals surface area contributed by atoms with E-state index in [-0.39, 0.29) is 12.3 Å². The van der Waals surface area contributed by atoms with Crippen LogP contribution in [0.4, 0.5) is 11.5 Å². The first kappa shape index (κ1) is 13.1. The van der Waals surface area contributed by atoms with Gasteiger partial charge in [0.1, 0.15) is 17.2 Å². The Morgan fingerprint density at radius 1 is 1.29 bits per heavy atom. The molecule has 0 aliphatic heterocycles. The molecular weight excluding hydrogens is 272 g/mol. The number of anilines is 1. The van der Waals surface area contributed by atoms with E-state index >= 15 is 0 Å². The molecule has 0 atom stereocenters. The van der Waals surface area contributed by atoms with E-state index in [1.54, 1.807) is 34.9 Å². The summed E-state index contributed by atoms with van der Waals surface area (Å²) in [6, 6.07) is 9.57. The maximum absolute atomic E-state index is 10.7. The molecule has 106 valence electrons. The molecule has 0 spiro atoms. The molecule has 7 heteroatoms. The molecule has 3 rings (SSSR count). The minimum absolute atomic E-state index is 0.0112. The number of nitrogen functional groups attached to an aromatic ring is 1. The lowest BCUT2D eigenvalue weighted by molar-refractivity contribution is -0.384. The van der Waals surface area contributed by atoms with Crippen molar-refractivity contribution in [1.82, 2.24) is 9.38 Å². The second-order valence-corrected chi connectivity index (χ2v) is 4.53. The number of pyridine rings is 1. The molecule has 21 heavy (non-hydrogen) atoms. The minimum Gasteiger partial charge on any atom is -0.392 e. The highest BCUT2D eigenvalue weighted by atomic mass is 16.6. The number of nitro groups is 1. The molecule has 0 bridgehead atoms. The molecule has 0 aliphatic carbocycles. The maximum Gasteiger partial charge on any atom is 0.269 e. The molecule has 2 heterocycles. The van der Waals surface area contributed by atoms with Crippen LogP contribution in [0, 0.1) is 10.1 Å². The van der Waals surface area contributed by atoms with Gasteiger partial charge in [0.15, 0.2) is 0 Å². The Morgan fingerprint density at radius 3 is 2.62 bits per heavy atom. The van der Waals surface area contributed by atoms with Gasteiger partial charge < -0.3 is 10.8 Å². The summed E-state index contributed by atoms with van der Waals surface area (Å²) in [5.74, 6) is 0.425. The minimum atomic E-state index is -0.458. The SMILES string of the molecule is Nc1c(-c2ccc([N+](=O)[O-])cc2)nc2c(CO)cccn12. The lowest BCUT2D eigenvalue weighted by Crippen LogP contribution is -1.96. The van der Waals surface area contributed by atoms with Crippen molar-refractivity contribution in [2.75, 3.05) is 5.73 Å². The first-order valence-corrected chi connectivity index (χ1v) is 6.23. The van der Waals surface area contributed by atoms with Crippen molar-refractivity contribution >= 4 is 17.2 Å². The van der Waals surface area contributed by atoms with Crippen molar-refractivity contribution in [3.05, 3.63) is 58.3 Å². The van der Waals surface area contributed by atoms with E-state index in [1.165, 1.54) is 12.1 Å². The summed E-state index contributed by atoms with van der Waals surface area (Å²) in [6.07, 6.45) is 1.76. The Labute approximate surface area is 119 Å². The fourth-order valence-electron chi connectivity index (χ4n) is 2.22. The van der Waals surface area contributed by atoms with Gasteiger partial charge >= 0.3 is 0 Å². The Morgan fingerprint density at radius 2 is 2.00 bits per heavy atom. The first-order chi connectivity index (χ1) is 10.1. The normalized spacial score (nSPS) is 10.9. The van der Waals surface area contributed by atoms with Crippen molar-refractivity contribution < 1.29 is 10.0 Å². The highest BCUT2D eigenvalue weighted by Gasteiger charge is 2.14. The molecule has 0 fully saturated rings. The van der Waals surface area contributed by atoms with Crippen molar-refractivity contribution in [3.8, 4) is 11.3 Å². The average molecular weight is 284 g/mol. The average Bonchev–Trinajstić information content (AvgIpc) is 2.85. The number of fused-ring (bicyclic) bond motifs is 1. The largest absolute Gasteiger partial charge is 0.392 e. The number of nitrogens with zero attached hydrogens (tertiary/aromatic N) is 3. The molecule has 0 unspecified atom stereocenters. The second-order valence-electron chi connectivity index (χ2n) is 4.53. The number of rotatable bonds is 3. The topological polar surface area (TPSA) is 107 Å². The van der Waals surface area contributed by atoms with E-state index < -0.39 is 4.92 Å². The fourth-order valence-corrected chi connectivity index (χ4v) is 2.22. The van der Waals surface area contributed by atoms with E-state index in [4.69, 9.17) is 5.73 Å². The Bertz CT molecular complexity index is 824. The van der Waals surface area contributed by atoms with Crippen LogP contribution in [0.5, 0.6) is 0 Å². The van der Waals surface area contributed by atoms with E-state index in [9.17, 15) is 15.2 Å². The molecule has 3 aromatic rings. The summed E-state index contributed by atoms with van der Waals surface area (Å²) < 4.78 is 1.68. The first-order valence-electron chi connectivity index (χ1n) is 6.23. The van der Waals surface area contributed by atoms with E-state index in [2.05, 4.69) is 4.98 Å². The quantitative estimate of drug-likeness (QED) is 0.565. The summed E-state index contributed by atoms with van der Waals surface area (Å²) in [5, 5.41) is 20.0. The molecule has 0 amide bonds. The second kappa shape index (κ2) is 4.88. The Balaban J connectivity index is 2.16. The predicted molar refractivity (Wildman–Crippen MR) is 77.6 cm³/mol. The summed E-state index contributed by atoms with van der Waals surface area (Å²) in [6.45, 7) is -0.138. The zero-order chi connectivity index (χ0) is 15.0. The van der Waals surface area contributed by atoms with Crippen molar-refractivity contribution in [3.63, 3.8) is 0 Å². The molecule has 2 aromatic heterocycles. The third-order valence-electron chi connectivity index (χ3n) is 3.29. The van der Waals surface area contributed by atoms with Gasteiger partial charge in [-0.1, -0.05) is 6.07 Å². The molecule has 0 radical (unpaired) electrons. The van der Waals surface area contributed by atoms with Gasteiger partial charge in [-0.05, 0) is 18.2 Å². The van der Waals surface area contributed by atoms with Crippen LogP contribution in [0.15, 0.2) is 42.6 Å². The number of non-ortho nitro benzene ring substituents is 1. The molecule has 1 aromatic carbocycles. The van der Waals surface area contributed by atoms with Crippen LogP contribution in [0.25, 0.3) is 16.9 Å². The fraction of sp³-hybridized carbons (Fsp3) is 0.0714. The van der Waals surface area contributed by atoms with E-state index in [0.717, 1.165) is 0 Å². The van der Waals surface area contributed by atoms with Gasteiger partial charge in [-0.25, -0.2) is 4.98 Å². The standard InChI is InChI=1S/C14H12N4O3/c15-13-12(9-3-5-11(6-4-9)18(20)21)16-14-10(8-19)2-1-7-17(13)14/h1-7,19H,8,15H2. The molecule has 0 aliphatic rings. The van der Waals surface area contributed by atoms with Crippen LogP contribution in [0.2, 0.25) is 0 Å². The zero-order valence-corrected chi connectivity index (χ0v) is 10.9. The molecule has 3 N–H and O–H groups in total. The number of aliphatic hydroxyl groups is 1. The van der Waals surface area contributed by atoms with Crippen LogP contribution in [-0.4, -0.2) is 19.4 Å². The number of aliphatic hydroxyl groups excluding tert-OH is 1. The lowest BCUT2D eigenvalue weighted by atomic mass is 10.1. The van der Waals surface area contributed by atoms with E-state index in [1.807, 2.05) is 0 Å². The number of nitrogens with two attached hydrogens (primary N) is 1. The van der Waals surface area contributed by atoms with Gasteiger partial charge in [0.05, 0.1) is 11.5 Å². The van der Waals surface area contributed by atoms with E-state index in [0.29, 0.717) is 28.3 Å². The number of hydrogen-bond acceptors (Lipinski definition) is 5. The third-order valence-corrected chi connectivity index (χ3v) is 3.29. The maximum atomic E-state index is 10.7. The summed E-state index contributed by atoms with van der Waals surface area (Å²) >= 11 is 0. The molecule has 7 nitrogen and oxygen atoms in total. The number of imidazole rings is 1. The highest BCUT2D eigenvalue weighted by Crippen LogP contribution is 2.28. The number of nitro benzene ring substituents is 1. The Hall–Kier alpha value is -2.93. The van der Waals surface area contributed by atoms with Crippen LogP contribution in [0.3, 0.4) is 0 Å². The highest BCUT2D eigenvalue weighted by molar-refractivity contribution is 5.76. The number of benzene rings is 1. The summed E-state index contributed by atoms with van der Waals surface area (Å²) in [5.41, 5.74) is 8.55. The summed E-state index contributed by atoms with van der Waals surface area (Å²) in [7, 11) is 0. The van der Waals surface area contributed by atoms with Gasteiger partial charge in [0, 0.05) is 29.5 Å². The van der Waals surface area contributed by atoms with Crippen LogP contribution in [-0.2, 0) is 6.61 Å². The number of aromatic nitrogens is 2. The monoisotopic (exact) mass is 284 g/mol. The van der Waals surface area contributed by atoms with Gasteiger partial charge in [-0.2, -0.15) is 0 Å². The lowest BCUT2D eigenvalue weighted by Gasteiger charge is -2.00. The predicted octanol–water partition coefficient (Wildman–Crippen LogP) is 1.98. The van der Waals surface area contributed by atoms with Crippen LogP contribution in [0.1, 0.15) is 5.56 Å². The van der Waals surface area contributed by atoms with Crippen molar-refractivity contribution in [2.24, 2.45) is 0 Å². The summed E-state index contributed by atoms with van der Waals surface area (Å²) in [4.78, 5) is 14.7. The van der Waals surface area contributed by atoms with Gasteiger partial charge in [-0.3, -0.25) is 14.5 Å². The Kier molecular flexibility index (Phi) is 3.03. The van der Waals surface area contributed by atoms with Crippen LogP contribution >= 0.6 is 0 Å². The molecular formula is C14H12N4O3. The zero-order valence-electron chi connectivity index (χ0n) is 10.9. The van der Waals surface area contributed by atoms with Crippen molar-refractivity contribution in [1.29, 1.82) is 0 Å². The number of hydrogen-bond donors (Lipinski definition) is 2. The smallest absolute Gasteiger partial charge is 0.269 e. The van der Waals surface area contributed by atoms with Crippen molar-refractivity contribution in [2.45, 2.75) is 6.61 Å². The molecule has 0 saturated heterocycles. The van der Waals surface area contributed by atoms with Gasteiger partial charge in [0.2, 0.25) is 0 Å². The van der Waals surface area contributed by atoms with Gasteiger partial charge in [-0.15, -0.1) is 0 Å². The third kappa shape index (κ3) is 2.09.